The number of nitrogens with one attached hydrogen (secondary N) is 2. The highest BCUT2D eigenvalue weighted by atomic mass is 127. The zero-order chi connectivity index (χ0) is 18.1. The van der Waals surface area contributed by atoms with E-state index in [1.165, 1.54) is 10.6 Å². The van der Waals surface area contributed by atoms with E-state index in [2.05, 4.69) is 63.7 Å². The molecule has 0 fully saturated rings. The molecule has 144 valence electrons. The van der Waals surface area contributed by atoms with Gasteiger partial charge in [-0.1, -0.05) is 18.2 Å². The van der Waals surface area contributed by atoms with Crippen LogP contribution in [-0.4, -0.2) is 37.6 Å². The summed E-state index contributed by atoms with van der Waals surface area (Å²) >= 11 is 1.72. The smallest absolute Gasteiger partial charge is 0.191 e. The van der Waals surface area contributed by atoms with Gasteiger partial charge in [0.15, 0.2) is 5.96 Å². The van der Waals surface area contributed by atoms with Gasteiger partial charge in [-0.05, 0) is 39.3 Å². The highest BCUT2D eigenvalue weighted by Gasteiger charge is 2.05. The number of anilines is 1. The van der Waals surface area contributed by atoms with Crippen LogP contribution in [0.4, 0.5) is 5.69 Å². The van der Waals surface area contributed by atoms with Crippen molar-refractivity contribution in [3.8, 4) is 0 Å². The molecule has 2 rings (SSSR count). The number of hydrogen-bond donors (Lipinski definition) is 2. The van der Waals surface area contributed by atoms with Gasteiger partial charge >= 0.3 is 0 Å². The summed E-state index contributed by atoms with van der Waals surface area (Å²) in [6, 6.07) is 10.5. The second-order valence-electron chi connectivity index (χ2n) is 5.97. The summed E-state index contributed by atoms with van der Waals surface area (Å²) in [5.74, 6) is 0.871. The summed E-state index contributed by atoms with van der Waals surface area (Å²) in [5, 5.41) is 7.83. The Morgan fingerprint density at radius 2 is 1.92 bits per heavy atom. The predicted octanol–water partition coefficient (Wildman–Crippen LogP) is 3.96. The molecule has 1 aromatic heterocycles. The van der Waals surface area contributed by atoms with Gasteiger partial charge in [-0.2, -0.15) is 0 Å². The van der Waals surface area contributed by atoms with Crippen molar-refractivity contribution in [1.82, 2.24) is 15.6 Å². The number of nitrogens with zero attached hydrogens (tertiary/aromatic N) is 3. The van der Waals surface area contributed by atoms with Crippen molar-refractivity contribution in [2.24, 2.45) is 4.99 Å². The fourth-order valence-corrected chi connectivity index (χ4v) is 3.41. The van der Waals surface area contributed by atoms with Gasteiger partial charge in [-0.15, -0.1) is 35.3 Å². The van der Waals surface area contributed by atoms with E-state index in [1.54, 1.807) is 11.3 Å². The van der Waals surface area contributed by atoms with Crippen molar-refractivity contribution in [1.29, 1.82) is 0 Å². The Bertz CT molecular complexity index is 672. The van der Waals surface area contributed by atoms with Gasteiger partial charge in [-0.25, -0.2) is 9.98 Å². The van der Waals surface area contributed by atoms with E-state index in [-0.39, 0.29) is 24.0 Å². The van der Waals surface area contributed by atoms with Gasteiger partial charge in [0.1, 0.15) is 0 Å². The first-order valence-electron chi connectivity index (χ1n) is 8.81. The Morgan fingerprint density at radius 3 is 2.54 bits per heavy atom. The number of thiazole rings is 1. The SMILES string of the molecule is CCNC(=NCc1sc(C)nc1C)NCCCN(C)c1ccccc1.I. The molecule has 0 amide bonds. The Hall–Kier alpha value is -1.35. The first-order valence-corrected chi connectivity index (χ1v) is 9.63. The predicted molar refractivity (Wildman–Crippen MR) is 124 cm³/mol. The third kappa shape index (κ3) is 7.49. The molecule has 0 aliphatic heterocycles. The third-order valence-electron chi connectivity index (χ3n) is 3.88. The molecule has 7 heteroatoms. The van der Waals surface area contributed by atoms with Gasteiger partial charge < -0.3 is 15.5 Å². The minimum Gasteiger partial charge on any atom is -0.375 e. The lowest BCUT2D eigenvalue weighted by atomic mass is 10.3. The largest absolute Gasteiger partial charge is 0.375 e. The van der Waals surface area contributed by atoms with Crippen LogP contribution in [0.2, 0.25) is 0 Å². The highest BCUT2D eigenvalue weighted by molar-refractivity contribution is 14.0. The molecular weight excluding hydrogens is 457 g/mol. The molecule has 1 heterocycles. The molecule has 0 radical (unpaired) electrons. The number of benzene rings is 1. The molecule has 0 bridgehead atoms. The summed E-state index contributed by atoms with van der Waals surface area (Å²) in [6.07, 6.45) is 1.05. The quantitative estimate of drug-likeness (QED) is 0.256. The lowest BCUT2D eigenvalue weighted by molar-refractivity contribution is 0.730. The average molecular weight is 487 g/mol. The van der Waals surface area contributed by atoms with Crippen LogP contribution in [0.1, 0.15) is 28.9 Å². The summed E-state index contributed by atoms with van der Waals surface area (Å²) in [5.41, 5.74) is 2.34. The van der Waals surface area contributed by atoms with Crippen LogP contribution < -0.4 is 15.5 Å². The second kappa shape index (κ2) is 12.1. The number of guanidine groups is 1. The van der Waals surface area contributed by atoms with Crippen LogP contribution in [0, 0.1) is 13.8 Å². The number of aliphatic imine (C=N–C) groups is 1. The van der Waals surface area contributed by atoms with E-state index < -0.39 is 0 Å². The monoisotopic (exact) mass is 487 g/mol. The first kappa shape index (κ1) is 22.7. The van der Waals surface area contributed by atoms with Crippen LogP contribution in [0.25, 0.3) is 0 Å². The van der Waals surface area contributed by atoms with Gasteiger partial charge in [0.25, 0.3) is 0 Å². The maximum Gasteiger partial charge on any atom is 0.191 e. The van der Waals surface area contributed by atoms with Crippen molar-refractivity contribution in [3.63, 3.8) is 0 Å². The Morgan fingerprint density at radius 1 is 1.19 bits per heavy atom. The first-order chi connectivity index (χ1) is 12.1. The maximum atomic E-state index is 4.68. The van der Waals surface area contributed by atoms with E-state index >= 15 is 0 Å². The molecule has 0 saturated carbocycles. The standard InChI is InChI=1S/C19H29N5S.HI/c1-5-20-19(22-14-18-15(2)23-16(3)25-18)21-12-9-13-24(4)17-10-7-6-8-11-17;/h6-8,10-11H,5,9,12-14H2,1-4H3,(H2,20,21,22);1H. The highest BCUT2D eigenvalue weighted by Crippen LogP contribution is 2.17. The third-order valence-corrected chi connectivity index (χ3v) is 4.94. The van der Waals surface area contributed by atoms with E-state index in [0.29, 0.717) is 6.54 Å². The van der Waals surface area contributed by atoms with Crippen LogP contribution >= 0.6 is 35.3 Å². The summed E-state index contributed by atoms with van der Waals surface area (Å²) in [4.78, 5) is 12.7. The molecule has 0 aliphatic carbocycles. The molecule has 5 nitrogen and oxygen atoms in total. The summed E-state index contributed by atoms with van der Waals surface area (Å²) in [6.45, 7) is 9.61. The Balaban J connectivity index is 0.00000338. The summed E-state index contributed by atoms with van der Waals surface area (Å²) in [7, 11) is 2.13. The Labute approximate surface area is 178 Å². The maximum absolute atomic E-state index is 4.68. The van der Waals surface area contributed by atoms with Crippen LogP contribution in [-0.2, 0) is 6.54 Å². The molecule has 2 N–H and O–H groups in total. The van der Waals surface area contributed by atoms with Gasteiger partial charge in [0.05, 0.1) is 17.2 Å². The lowest BCUT2D eigenvalue weighted by Crippen LogP contribution is -2.38. The number of aryl methyl sites for hydroxylation is 2. The molecule has 1 aromatic carbocycles. The average Bonchev–Trinajstić information content (AvgIpc) is 2.94. The molecule has 0 atom stereocenters. The molecule has 2 aromatic rings. The molecule has 0 unspecified atom stereocenters. The van der Waals surface area contributed by atoms with Crippen molar-refractivity contribution < 1.29 is 0 Å². The Kier molecular flexibility index (Phi) is 10.6. The van der Waals surface area contributed by atoms with Crippen molar-refractivity contribution >= 4 is 47.0 Å². The topological polar surface area (TPSA) is 52.6 Å². The minimum absolute atomic E-state index is 0. The van der Waals surface area contributed by atoms with E-state index in [9.17, 15) is 0 Å². The van der Waals surface area contributed by atoms with Crippen molar-refractivity contribution in [3.05, 3.63) is 45.9 Å². The van der Waals surface area contributed by atoms with E-state index in [0.717, 1.165) is 42.7 Å². The van der Waals surface area contributed by atoms with Gasteiger partial charge in [0, 0.05) is 37.2 Å². The van der Waals surface area contributed by atoms with E-state index in [4.69, 9.17) is 0 Å². The zero-order valence-corrected chi connectivity index (χ0v) is 19.2. The van der Waals surface area contributed by atoms with Crippen molar-refractivity contribution in [2.75, 3.05) is 31.6 Å². The molecular formula is C19H30IN5S. The van der Waals surface area contributed by atoms with Gasteiger partial charge in [0.2, 0.25) is 0 Å². The molecule has 0 aliphatic rings. The molecule has 0 spiro atoms. The van der Waals surface area contributed by atoms with Crippen LogP contribution in [0.3, 0.4) is 0 Å². The number of rotatable bonds is 8. The number of para-hydroxylation sites is 1. The van der Waals surface area contributed by atoms with Gasteiger partial charge in [-0.3, -0.25) is 0 Å². The number of hydrogen-bond acceptors (Lipinski definition) is 4. The number of halogens is 1. The molecule has 26 heavy (non-hydrogen) atoms. The second-order valence-corrected chi connectivity index (χ2v) is 7.26. The van der Waals surface area contributed by atoms with Crippen LogP contribution in [0.15, 0.2) is 35.3 Å². The summed E-state index contributed by atoms with van der Waals surface area (Å²) < 4.78 is 0. The number of aromatic nitrogens is 1. The molecule has 0 saturated heterocycles. The fourth-order valence-electron chi connectivity index (χ4n) is 2.55. The minimum atomic E-state index is 0. The van der Waals surface area contributed by atoms with Crippen molar-refractivity contribution in [2.45, 2.75) is 33.7 Å². The van der Waals surface area contributed by atoms with E-state index in [1.807, 2.05) is 19.9 Å². The lowest BCUT2D eigenvalue weighted by Gasteiger charge is -2.19. The normalized spacial score (nSPS) is 11.0. The van der Waals surface area contributed by atoms with Crippen LogP contribution in [0.5, 0.6) is 0 Å². The zero-order valence-electron chi connectivity index (χ0n) is 16.1. The fraction of sp³-hybridized carbons (Fsp3) is 0.474.